The van der Waals surface area contributed by atoms with E-state index in [0.717, 1.165) is 11.3 Å². The van der Waals surface area contributed by atoms with Crippen molar-refractivity contribution in [1.82, 2.24) is 10.5 Å². The SMILES string of the molecule is Cc1noc(C)c1C(C)NC(=O)CC(C)(C(=O)O)C(C)C. The Hall–Kier alpha value is -1.85. The molecule has 1 aromatic rings. The lowest BCUT2D eigenvalue weighted by atomic mass is 9.76. The Balaban J connectivity index is 2.80. The van der Waals surface area contributed by atoms with Crippen LogP contribution in [0.15, 0.2) is 4.52 Å². The third kappa shape index (κ3) is 3.62. The number of hydrogen-bond donors (Lipinski definition) is 2. The monoisotopic (exact) mass is 296 g/mol. The van der Waals surface area contributed by atoms with Gasteiger partial charge in [0.1, 0.15) is 5.76 Å². The van der Waals surface area contributed by atoms with E-state index >= 15 is 0 Å². The fourth-order valence-corrected chi connectivity index (χ4v) is 2.33. The smallest absolute Gasteiger partial charge is 0.310 e. The van der Waals surface area contributed by atoms with Gasteiger partial charge in [0.15, 0.2) is 0 Å². The van der Waals surface area contributed by atoms with Crippen molar-refractivity contribution in [2.75, 3.05) is 0 Å². The van der Waals surface area contributed by atoms with Gasteiger partial charge < -0.3 is 14.9 Å². The van der Waals surface area contributed by atoms with Crippen LogP contribution in [-0.2, 0) is 9.59 Å². The zero-order valence-corrected chi connectivity index (χ0v) is 13.5. The average molecular weight is 296 g/mol. The van der Waals surface area contributed by atoms with Gasteiger partial charge >= 0.3 is 5.97 Å². The second-order valence-electron chi connectivity index (χ2n) is 6.08. The van der Waals surface area contributed by atoms with Crippen LogP contribution >= 0.6 is 0 Å². The maximum absolute atomic E-state index is 12.2. The second kappa shape index (κ2) is 6.28. The maximum atomic E-state index is 12.2. The molecule has 0 saturated carbocycles. The van der Waals surface area contributed by atoms with Gasteiger partial charge in [-0.05, 0) is 33.6 Å². The first kappa shape index (κ1) is 17.2. The van der Waals surface area contributed by atoms with Crippen LogP contribution in [0.3, 0.4) is 0 Å². The maximum Gasteiger partial charge on any atom is 0.310 e. The van der Waals surface area contributed by atoms with Crippen molar-refractivity contribution in [2.24, 2.45) is 11.3 Å². The number of carbonyl (C=O) groups excluding carboxylic acids is 1. The standard InChI is InChI=1S/C15H24N2O4/c1-8(2)15(6,14(19)20)7-12(18)16-9(3)13-10(4)17-21-11(13)5/h8-9H,7H2,1-6H3,(H,16,18)(H,19,20). The summed E-state index contributed by atoms with van der Waals surface area (Å²) in [6.07, 6.45) is -0.0618. The molecule has 0 aliphatic rings. The van der Waals surface area contributed by atoms with Crippen molar-refractivity contribution in [3.05, 3.63) is 17.0 Å². The Morgan fingerprint density at radius 2 is 1.90 bits per heavy atom. The number of carbonyl (C=O) groups is 2. The molecule has 2 unspecified atom stereocenters. The van der Waals surface area contributed by atoms with Gasteiger partial charge in [-0.1, -0.05) is 19.0 Å². The van der Waals surface area contributed by atoms with Crippen molar-refractivity contribution < 1.29 is 19.2 Å². The number of nitrogens with zero attached hydrogens (tertiary/aromatic N) is 1. The summed E-state index contributed by atoms with van der Waals surface area (Å²) < 4.78 is 5.08. The van der Waals surface area contributed by atoms with Crippen LogP contribution in [0.4, 0.5) is 0 Å². The average Bonchev–Trinajstić information content (AvgIpc) is 2.67. The van der Waals surface area contributed by atoms with Crippen molar-refractivity contribution in [3.63, 3.8) is 0 Å². The van der Waals surface area contributed by atoms with Crippen molar-refractivity contribution in [1.29, 1.82) is 0 Å². The molecule has 0 bridgehead atoms. The minimum Gasteiger partial charge on any atom is -0.481 e. The molecule has 2 N–H and O–H groups in total. The van der Waals surface area contributed by atoms with Crippen molar-refractivity contribution >= 4 is 11.9 Å². The summed E-state index contributed by atoms with van der Waals surface area (Å²) in [6.45, 7) is 10.6. The number of carboxylic acids is 1. The summed E-state index contributed by atoms with van der Waals surface area (Å²) >= 11 is 0. The number of amides is 1. The van der Waals surface area contributed by atoms with Gasteiger partial charge in [-0.3, -0.25) is 9.59 Å². The first-order chi connectivity index (χ1) is 9.59. The molecular formula is C15H24N2O4. The third-order valence-corrected chi connectivity index (χ3v) is 4.19. The van der Waals surface area contributed by atoms with Gasteiger partial charge in [-0.2, -0.15) is 0 Å². The van der Waals surface area contributed by atoms with Crippen LogP contribution in [-0.4, -0.2) is 22.1 Å². The van der Waals surface area contributed by atoms with E-state index in [1.165, 1.54) is 0 Å². The first-order valence-electron chi connectivity index (χ1n) is 7.05. The molecule has 0 spiro atoms. The molecule has 1 rings (SSSR count). The number of nitrogens with one attached hydrogen (secondary N) is 1. The summed E-state index contributed by atoms with van der Waals surface area (Å²) in [6, 6.07) is -0.269. The number of rotatable bonds is 6. The molecule has 0 aliphatic carbocycles. The zero-order valence-electron chi connectivity index (χ0n) is 13.5. The van der Waals surface area contributed by atoms with Gasteiger partial charge in [-0.25, -0.2) is 0 Å². The predicted octanol–water partition coefficient (Wildman–Crippen LogP) is 2.61. The first-order valence-corrected chi connectivity index (χ1v) is 7.05. The molecule has 0 fully saturated rings. The molecule has 6 nitrogen and oxygen atoms in total. The van der Waals surface area contributed by atoms with Crippen molar-refractivity contribution in [2.45, 2.75) is 54.0 Å². The Morgan fingerprint density at radius 1 is 1.33 bits per heavy atom. The Kier molecular flexibility index (Phi) is 5.15. The fraction of sp³-hybridized carbons (Fsp3) is 0.667. The normalized spacial score (nSPS) is 15.6. The molecule has 0 radical (unpaired) electrons. The largest absolute Gasteiger partial charge is 0.481 e. The minimum atomic E-state index is -1.08. The molecule has 118 valence electrons. The molecular weight excluding hydrogens is 272 g/mol. The van der Waals surface area contributed by atoms with Crippen LogP contribution < -0.4 is 5.32 Å². The molecule has 21 heavy (non-hydrogen) atoms. The third-order valence-electron chi connectivity index (χ3n) is 4.19. The lowest BCUT2D eigenvalue weighted by Crippen LogP contribution is -2.39. The van der Waals surface area contributed by atoms with E-state index in [2.05, 4.69) is 10.5 Å². The van der Waals surface area contributed by atoms with Gasteiger partial charge in [-0.15, -0.1) is 0 Å². The molecule has 6 heteroatoms. The molecule has 2 atom stereocenters. The molecule has 1 heterocycles. The molecule has 0 aliphatic heterocycles. The lowest BCUT2D eigenvalue weighted by molar-refractivity contribution is -0.153. The molecule has 1 aromatic heterocycles. The summed E-state index contributed by atoms with van der Waals surface area (Å²) in [5, 5.41) is 16.0. The van der Waals surface area contributed by atoms with Crippen LogP contribution in [0.5, 0.6) is 0 Å². The highest BCUT2D eigenvalue weighted by molar-refractivity contribution is 5.85. The fourth-order valence-electron chi connectivity index (χ4n) is 2.33. The van der Waals surface area contributed by atoms with E-state index in [9.17, 15) is 14.7 Å². The summed E-state index contributed by atoms with van der Waals surface area (Å²) in [5.74, 6) is -0.737. The van der Waals surface area contributed by atoms with E-state index in [0.29, 0.717) is 5.76 Å². The van der Waals surface area contributed by atoms with Gasteiger partial charge in [0.05, 0.1) is 17.2 Å². The van der Waals surface area contributed by atoms with Crippen LogP contribution in [0.2, 0.25) is 0 Å². The summed E-state index contributed by atoms with van der Waals surface area (Å²) in [4.78, 5) is 23.6. The highest BCUT2D eigenvalue weighted by Crippen LogP contribution is 2.32. The number of aryl methyl sites for hydroxylation is 2. The van der Waals surface area contributed by atoms with E-state index in [1.807, 2.05) is 13.8 Å². The highest BCUT2D eigenvalue weighted by atomic mass is 16.5. The minimum absolute atomic E-state index is 0.0618. The van der Waals surface area contributed by atoms with Crippen molar-refractivity contribution in [3.8, 4) is 0 Å². The van der Waals surface area contributed by atoms with E-state index in [4.69, 9.17) is 4.52 Å². The topological polar surface area (TPSA) is 92.4 Å². The number of carboxylic acid groups (broad SMARTS) is 1. The van der Waals surface area contributed by atoms with Crippen LogP contribution in [0.1, 0.15) is 57.2 Å². The van der Waals surface area contributed by atoms with Gasteiger partial charge in [0.2, 0.25) is 5.91 Å². The number of aromatic nitrogens is 1. The Morgan fingerprint density at radius 3 is 2.29 bits per heavy atom. The van der Waals surface area contributed by atoms with Gasteiger partial charge in [0, 0.05) is 12.0 Å². The van der Waals surface area contributed by atoms with Crippen LogP contribution in [0, 0.1) is 25.2 Å². The van der Waals surface area contributed by atoms with Crippen LogP contribution in [0.25, 0.3) is 0 Å². The second-order valence-corrected chi connectivity index (χ2v) is 6.08. The summed E-state index contributed by atoms with van der Waals surface area (Å²) in [5.41, 5.74) is 0.484. The number of aliphatic carboxylic acids is 1. The summed E-state index contributed by atoms with van der Waals surface area (Å²) in [7, 11) is 0. The molecule has 0 aromatic carbocycles. The Labute approximate surface area is 124 Å². The Bertz CT molecular complexity index is 516. The zero-order chi connectivity index (χ0) is 16.4. The number of hydrogen-bond acceptors (Lipinski definition) is 4. The molecule has 0 saturated heterocycles. The van der Waals surface area contributed by atoms with E-state index < -0.39 is 11.4 Å². The predicted molar refractivity (Wildman–Crippen MR) is 77.7 cm³/mol. The highest BCUT2D eigenvalue weighted by Gasteiger charge is 2.39. The quantitative estimate of drug-likeness (QED) is 0.841. The van der Waals surface area contributed by atoms with E-state index in [-0.39, 0.29) is 24.3 Å². The van der Waals surface area contributed by atoms with E-state index in [1.54, 1.807) is 27.7 Å². The van der Waals surface area contributed by atoms with Gasteiger partial charge in [0.25, 0.3) is 0 Å². The molecule has 1 amide bonds. The lowest BCUT2D eigenvalue weighted by Gasteiger charge is -2.29.